The summed E-state index contributed by atoms with van der Waals surface area (Å²) in [7, 11) is 0. The van der Waals surface area contributed by atoms with Gasteiger partial charge in [-0.3, -0.25) is 10.7 Å². The lowest BCUT2D eigenvalue weighted by Gasteiger charge is -2.18. The van der Waals surface area contributed by atoms with Crippen molar-refractivity contribution < 1.29 is 9.90 Å². The Kier molecular flexibility index (Phi) is 6.43. The van der Waals surface area contributed by atoms with E-state index in [1.165, 1.54) is 20.0 Å². The fraction of sp³-hybridized carbons (Fsp3) is 0.500. The highest BCUT2D eigenvalue weighted by atomic mass is 16.3. The van der Waals surface area contributed by atoms with Crippen LogP contribution >= 0.6 is 0 Å². The summed E-state index contributed by atoms with van der Waals surface area (Å²) in [5, 5.41) is 18.2. The lowest BCUT2D eigenvalue weighted by atomic mass is 10.1. The van der Waals surface area contributed by atoms with Gasteiger partial charge in [0.15, 0.2) is 5.84 Å². The molecular formula is C10H20N6O2. The van der Waals surface area contributed by atoms with Crippen molar-refractivity contribution in [2.24, 2.45) is 15.8 Å². The van der Waals surface area contributed by atoms with E-state index in [9.17, 15) is 9.90 Å². The van der Waals surface area contributed by atoms with Crippen LogP contribution in [0.3, 0.4) is 0 Å². The van der Waals surface area contributed by atoms with Crippen LogP contribution in [0.15, 0.2) is 22.9 Å². The Morgan fingerprint density at radius 3 is 2.61 bits per heavy atom. The zero-order valence-corrected chi connectivity index (χ0v) is 10.8. The molecule has 0 aliphatic heterocycles. The maximum absolute atomic E-state index is 11.1. The molecule has 0 saturated heterocycles. The standard InChI is InChI=1S/C10H20N6O2/c1-5-12-7(10(3,4)18)15-16-8(11)14-9(17)13-6-2/h5,18H,1,6H2,2-4H3,(H,12,15)(H4,11,13,14,16,17). The van der Waals surface area contributed by atoms with Crippen molar-refractivity contribution in [3.05, 3.63) is 12.8 Å². The number of nitrogens with one attached hydrogen (secondary N) is 3. The molecule has 0 spiro atoms. The Morgan fingerprint density at radius 2 is 2.17 bits per heavy atom. The van der Waals surface area contributed by atoms with Crippen LogP contribution in [0.2, 0.25) is 0 Å². The maximum atomic E-state index is 11.1. The Labute approximate surface area is 106 Å². The lowest BCUT2D eigenvalue weighted by Crippen LogP contribution is -2.46. The first kappa shape index (κ1) is 15.9. The minimum Gasteiger partial charge on any atom is -0.382 e. The average molecular weight is 256 g/mol. The van der Waals surface area contributed by atoms with Crippen LogP contribution in [-0.4, -0.2) is 35.1 Å². The SMILES string of the molecule is C=CN=C(NN=C(N)NC(=O)NCC)C(C)(C)O. The van der Waals surface area contributed by atoms with Crippen LogP contribution in [0.25, 0.3) is 0 Å². The second-order valence-electron chi connectivity index (χ2n) is 3.81. The van der Waals surface area contributed by atoms with Gasteiger partial charge >= 0.3 is 6.03 Å². The van der Waals surface area contributed by atoms with Crippen LogP contribution in [0.1, 0.15) is 20.8 Å². The highest BCUT2D eigenvalue weighted by Crippen LogP contribution is 2.02. The van der Waals surface area contributed by atoms with Crippen molar-refractivity contribution in [1.82, 2.24) is 16.1 Å². The number of amides is 2. The molecular weight excluding hydrogens is 236 g/mol. The van der Waals surface area contributed by atoms with Crippen LogP contribution in [0, 0.1) is 0 Å². The predicted octanol–water partition coefficient (Wildman–Crippen LogP) is -0.562. The Hall–Kier alpha value is -2.09. The van der Waals surface area contributed by atoms with E-state index in [2.05, 4.69) is 32.7 Å². The molecule has 0 saturated carbocycles. The molecule has 0 aromatic carbocycles. The van der Waals surface area contributed by atoms with E-state index in [-0.39, 0.29) is 11.8 Å². The van der Waals surface area contributed by atoms with Gasteiger partial charge in [-0.05, 0) is 20.8 Å². The minimum absolute atomic E-state index is 0.151. The molecule has 8 nitrogen and oxygen atoms in total. The van der Waals surface area contributed by atoms with E-state index in [0.717, 1.165) is 0 Å². The number of carbonyl (C=O) groups is 1. The van der Waals surface area contributed by atoms with Gasteiger partial charge in [0, 0.05) is 12.7 Å². The largest absolute Gasteiger partial charge is 0.382 e. The van der Waals surface area contributed by atoms with Crippen molar-refractivity contribution >= 4 is 17.8 Å². The van der Waals surface area contributed by atoms with E-state index in [1.807, 2.05) is 0 Å². The normalized spacial score (nSPS) is 12.9. The van der Waals surface area contributed by atoms with E-state index < -0.39 is 11.6 Å². The Morgan fingerprint density at radius 1 is 1.56 bits per heavy atom. The summed E-state index contributed by atoms with van der Waals surface area (Å²) in [5.41, 5.74) is 6.67. The fourth-order valence-corrected chi connectivity index (χ4v) is 0.877. The number of nitrogens with two attached hydrogens (primary N) is 1. The number of aliphatic imine (C=N–C) groups is 1. The molecule has 0 unspecified atom stereocenters. The smallest absolute Gasteiger partial charge is 0.321 e. The van der Waals surface area contributed by atoms with Gasteiger partial charge in [-0.2, -0.15) is 0 Å². The monoisotopic (exact) mass is 256 g/mol. The van der Waals surface area contributed by atoms with Gasteiger partial charge in [-0.15, -0.1) is 5.10 Å². The molecule has 0 bridgehead atoms. The summed E-state index contributed by atoms with van der Waals surface area (Å²) < 4.78 is 0. The van der Waals surface area contributed by atoms with Gasteiger partial charge in [0.1, 0.15) is 5.60 Å². The Bertz CT molecular complexity index is 356. The van der Waals surface area contributed by atoms with Crippen molar-refractivity contribution in [3.8, 4) is 0 Å². The molecule has 0 aromatic rings. The van der Waals surface area contributed by atoms with Crippen molar-refractivity contribution in [2.75, 3.05) is 6.54 Å². The van der Waals surface area contributed by atoms with E-state index in [0.29, 0.717) is 6.54 Å². The summed E-state index contributed by atoms with van der Waals surface area (Å²) in [6, 6.07) is -0.467. The fourth-order valence-electron chi connectivity index (χ4n) is 0.877. The number of rotatable bonds is 4. The van der Waals surface area contributed by atoms with Crippen LogP contribution < -0.4 is 21.8 Å². The third-order valence-electron chi connectivity index (χ3n) is 1.66. The van der Waals surface area contributed by atoms with Gasteiger partial charge in [0.05, 0.1) is 0 Å². The summed E-state index contributed by atoms with van der Waals surface area (Å²) in [6.07, 6.45) is 1.25. The number of hydrogen-bond donors (Lipinski definition) is 5. The number of urea groups is 1. The molecule has 0 atom stereocenters. The molecule has 102 valence electrons. The van der Waals surface area contributed by atoms with Gasteiger partial charge in [-0.1, -0.05) is 6.58 Å². The van der Waals surface area contributed by atoms with Crippen molar-refractivity contribution in [3.63, 3.8) is 0 Å². The number of hydrazone groups is 1. The molecule has 6 N–H and O–H groups in total. The molecule has 8 heteroatoms. The predicted molar refractivity (Wildman–Crippen MR) is 70.9 cm³/mol. The first-order chi connectivity index (χ1) is 8.31. The average Bonchev–Trinajstić information content (AvgIpc) is 2.22. The highest BCUT2D eigenvalue weighted by molar-refractivity contribution is 5.96. The van der Waals surface area contributed by atoms with Gasteiger partial charge in [0.2, 0.25) is 5.96 Å². The molecule has 0 aromatic heterocycles. The summed E-state index contributed by atoms with van der Waals surface area (Å²) in [5.74, 6) is 0.000104. The zero-order chi connectivity index (χ0) is 14.2. The summed E-state index contributed by atoms with van der Waals surface area (Å²) >= 11 is 0. The highest BCUT2D eigenvalue weighted by Gasteiger charge is 2.20. The number of hydrogen-bond acceptors (Lipinski definition) is 4. The van der Waals surface area contributed by atoms with E-state index >= 15 is 0 Å². The second kappa shape index (κ2) is 7.28. The summed E-state index contributed by atoms with van der Waals surface area (Å²) in [6.45, 7) is 8.70. The van der Waals surface area contributed by atoms with Gasteiger partial charge in [-0.25, -0.2) is 9.79 Å². The van der Waals surface area contributed by atoms with E-state index in [1.54, 1.807) is 6.92 Å². The molecule has 0 radical (unpaired) electrons. The molecule has 2 amide bonds. The van der Waals surface area contributed by atoms with Crippen molar-refractivity contribution in [1.29, 1.82) is 0 Å². The third kappa shape index (κ3) is 6.48. The lowest BCUT2D eigenvalue weighted by molar-refractivity contribution is 0.149. The molecule has 0 aliphatic rings. The number of guanidine groups is 1. The minimum atomic E-state index is -1.23. The maximum Gasteiger partial charge on any atom is 0.321 e. The second-order valence-corrected chi connectivity index (χ2v) is 3.81. The molecule has 0 aliphatic carbocycles. The quantitative estimate of drug-likeness (QED) is 0.262. The number of amidine groups is 1. The van der Waals surface area contributed by atoms with E-state index in [4.69, 9.17) is 5.73 Å². The first-order valence-electron chi connectivity index (χ1n) is 5.36. The zero-order valence-electron chi connectivity index (χ0n) is 10.8. The Balaban J connectivity index is 4.55. The van der Waals surface area contributed by atoms with Gasteiger partial charge in [0.25, 0.3) is 0 Å². The first-order valence-corrected chi connectivity index (χ1v) is 5.36. The molecule has 0 fully saturated rings. The third-order valence-corrected chi connectivity index (χ3v) is 1.66. The molecule has 0 rings (SSSR count). The number of nitrogens with zero attached hydrogens (tertiary/aromatic N) is 2. The number of aliphatic hydroxyl groups is 1. The summed E-state index contributed by atoms with van der Waals surface area (Å²) in [4.78, 5) is 14.9. The topological polar surface area (TPSA) is 124 Å². The molecule has 0 heterocycles. The molecule has 18 heavy (non-hydrogen) atoms. The van der Waals surface area contributed by atoms with Crippen LogP contribution in [0.4, 0.5) is 4.79 Å². The number of carbonyl (C=O) groups excluding carboxylic acids is 1. The van der Waals surface area contributed by atoms with Crippen molar-refractivity contribution in [2.45, 2.75) is 26.4 Å². The van der Waals surface area contributed by atoms with Gasteiger partial charge < -0.3 is 16.2 Å². The van der Waals surface area contributed by atoms with Crippen LogP contribution in [-0.2, 0) is 0 Å². The van der Waals surface area contributed by atoms with Crippen LogP contribution in [0.5, 0.6) is 0 Å².